The van der Waals surface area contributed by atoms with E-state index in [1.807, 2.05) is 30.3 Å². The molecule has 3 rings (SSSR count). The Morgan fingerprint density at radius 2 is 1.75 bits per heavy atom. The Morgan fingerprint density at radius 3 is 2.54 bits per heavy atom. The van der Waals surface area contributed by atoms with Gasteiger partial charge < -0.3 is 14.5 Å². The number of para-hydroxylation sites is 1. The van der Waals surface area contributed by atoms with Crippen molar-refractivity contribution in [2.75, 3.05) is 13.2 Å². The molecule has 0 bridgehead atoms. The van der Waals surface area contributed by atoms with Crippen molar-refractivity contribution in [2.45, 2.75) is 0 Å². The number of hydrogen-bond donors (Lipinski definition) is 1. The summed E-state index contributed by atoms with van der Waals surface area (Å²) in [6.45, 7) is 0.681. The molecule has 4 nitrogen and oxygen atoms in total. The topological polar surface area (TPSA) is 51.5 Å². The Kier molecular flexibility index (Phi) is 4.91. The summed E-state index contributed by atoms with van der Waals surface area (Å²) in [5.41, 5.74) is 0.323. The highest BCUT2D eigenvalue weighted by atomic mass is 19.1. The molecule has 1 N–H and O–H groups in total. The van der Waals surface area contributed by atoms with Crippen molar-refractivity contribution in [2.24, 2.45) is 0 Å². The van der Waals surface area contributed by atoms with Crippen LogP contribution >= 0.6 is 0 Å². The molecule has 3 aromatic rings. The van der Waals surface area contributed by atoms with Crippen LogP contribution in [0, 0.1) is 5.82 Å². The summed E-state index contributed by atoms with van der Waals surface area (Å²) >= 11 is 0. The van der Waals surface area contributed by atoms with Gasteiger partial charge in [-0.05, 0) is 36.4 Å². The molecule has 0 saturated carbocycles. The summed E-state index contributed by atoms with van der Waals surface area (Å²) in [7, 11) is 0. The van der Waals surface area contributed by atoms with E-state index in [2.05, 4.69) is 5.32 Å². The lowest BCUT2D eigenvalue weighted by Crippen LogP contribution is -2.27. The molecule has 0 aliphatic rings. The second-order valence-electron chi connectivity index (χ2n) is 5.06. The van der Waals surface area contributed by atoms with Gasteiger partial charge in [-0.1, -0.05) is 30.3 Å². The quantitative estimate of drug-likeness (QED) is 0.700. The zero-order valence-electron chi connectivity index (χ0n) is 12.9. The van der Waals surface area contributed by atoms with Crippen LogP contribution in [0.5, 0.6) is 5.75 Å². The number of carbonyl (C=O) groups is 1. The number of amides is 1. The predicted molar refractivity (Wildman–Crippen MR) is 88.4 cm³/mol. The first-order chi connectivity index (χ1) is 11.7. The van der Waals surface area contributed by atoms with E-state index in [-0.39, 0.29) is 11.7 Å². The number of halogens is 1. The number of hydrogen-bond acceptors (Lipinski definition) is 3. The zero-order valence-corrected chi connectivity index (χ0v) is 12.9. The van der Waals surface area contributed by atoms with Crippen molar-refractivity contribution in [3.05, 3.63) is 78.3 Å². The van der Waals surface area contributed by atoms with E-state index in [0.717, 1.165) is 5.75 Å². The molecular weight excluding hydrogens is 309 g/mol. The molecule has 1 aromatic heterocycles. The molecule has 0 spiro atoms. The molecule has 0 radical (unpaired) electrons. The average Bonchev–Trinajstić information content (AvgIpc) is 3.10. The fourth-order valence-corrected chi connectivity index (χ4v) is 2.20. The summed E-state index contributed by atoms with van der Waals surface area (Å²) in [5.74, 6) is 0.433. The van der Waals surface area contributed by atoms with E-state index in [0.29, 0.717) is 24.5 Å². The highest BCUT2D eigenvalue weighted by Crippen LogP contribution is 2.24. The Bertz CT molecular complexity index is 814. The summed E-state index contributed by atoms with van der Waals surface area (Å²) < 4.78 is 24.6. The van der Waals surface area contributed by atoms with Crippen LogP contribution in [0.1, 0.15) is 10.6 Å². The highest BCUT2D eigenvalue weighted by Gasteiger charge is 2.13. The molecule has 5 heteroatoms. The van der Waals surface area contributed by atoms with Gasteiger partial charge in [0.05, 0.1) is 12.1 Å². The maximum atomic E-state index is 13.7. The summed E-state index contributed by atoms with van der Waals surface area (Å²) in [6, 6.07) is 18.7. The third-order valence-electron chi connectivity index (χ3n) is 3.37. The minimum Gasteiger partial charge on any atom is -0.492 e. The van der Waals surface area contributed by atoms with E-state index >= 15 is 0 Å². The van der Waals surface area contributed by atoms with E-state index in [9.17, 15) is 9.18 Å². The molecule has 0 fully saturated rings. The smallest absolute Gasteiger partial charge is 0.287 e. The monoisotopic (exact) mass is 325 g/mol. The minimum atomic E-state index is -0.393. The van der Waals surface area contributed by atoms with E-state index < -0.39 is 5.82 Å². The lowest BCUT2D eigenvalue weighted by Gasteiger charge is -2.06. The third-order valence-corrected chi connectivity index (χ3v) is 3.37. The molecule has 122 valence electrons. The van der Waals surface area contributed by atoms with Gasteiger partial charge in [-0.2, -0.15) is 0 Å². The second kappa shape index (κ2) is 7.46. The molecule has 0 aliphatic carbocycles. The van der Waals surface area contributed by atoms with Crippen molar-refractivity contribution in [1.82, 2.24) is 5.32 Å². The van der Waals surface area contributed by atoms with Crippen LogP contribution < -0.4 is 10.1 Å². The van der Waals surface area contributed by atoms with Gasteiger partial charge in [-0.15, -0.1) is 0 Å². The van der Waals surface area contributed by atoms with Crippen LogP contribution in [-0.4, -0.2) is 19.1 Å². The van der Waals surface area contributed by atoms with E-state index in [4.69, 9.17) is 9.15 Å². The van der Waals surface area contributed by atoms with Gasteiger partial charge in [0.25, 0.3) is 5.91 Å². The second-order valence-corrected chi connectivity index (χ2v) is 5.06. The number of benzene rings is 2. The standard InChI is InChI=1S/C19H16FNO3/c20-16-9-5-4-8-15(16)17-10-11-18(24-17)19(22)21-12-13-23-14-6-2-1-3-7-14/h1-11H,12-13H2,(H,21,22). The highest BCUT2D eigenvalue weighted by molar-refractivity contribution is 5.92. The molecule has 24 heavy (non-hydrogen) atoms. The number of nitrogens with one attached hydrogen (secondary N) is 1. The van der Waals surface area contributed by atoms with Crippen molar-refractivity contribution >= 4 is 5.91 Å². The van der Waals surface area contributed by atoms with Crippen LogP contribution in [0.4, 0.5) is 4.39 Å². The molecule has 1 heterocycles. The van der Waals surface area contributed by atoms with Crippen molar-refractivity contribution in [3.63, 3.8) is 0 Å². The van der Waals surface area contributed by atoms with Crippen molar-refractivity contribution < 1.29 is 18.3 Å². The predicted octanol–water partition coefficient (Wildman–Crippen LogP) is 3.89. The lowest BCUT2D eigenvalue weighted by molar-refractivity contribution is 0.0920. The largest absolute Gasteiger partial charge is 0.492 e. The average molecular weight is 325 g/mol. The van der Waals surface area contributed by atoms with Crippen LogP contribution in [-0.2, 0) is 0 Å². The molecule has 0 unspecified atom stereocenters. The Balaban J connectivity index is 1.54. The van der Waals surface area contributed by atoms with Crippen LogP contribution in [0.3, 0.4) is 0 Å². The first-order valence-electron chi connectivity index (χ1n) is 7.55. The number of carbonyl (C=O) groups excluding carboxylic acids is 1. The molecular formula is C19H16FNO3. The Hall–Kier alpha value is -3.08. The van der Waals surface area contributed by atoms with Gasteiger partial charge in [0.2, 0.25) is 0 Å². The summed E-state index contributed by atoms with van der Waals surface area (Å²) in [4.78, 5) is 12.0. The van der Waals surface area contributed by atoms with Gasteiger partial charge in [-0.3, -0.25) is 4.79 Å². The Labute approximate surface area is 138 Å². The molecule has 1 amide bonds. The van der Waals surface area contributed by atoms with Gasteiger partial charge in [0.15, 0.2) is 5.76 Å². The third kappa shape index (κ3) is 3.81. The maximum Gasteiger partial charge on any atom is 0.287 e. The van der Waals surface area contributed by atoms with Gasteiger partial charge in [0.1, 0.15) is 23.9 Å². The maximum absolute atomic E-state index is 13.7. The summed E-state index contributed by atoms with van der Waals surface area (Å²) in [6.07, 6.45) is 0. The minimum absolute atomic E-state index is 0.132. The number of rotatable bonds is 6. The zero-order chi connectivity index (χ0) is 16.8. The van der Waals surface area contributed by atoms with Gasteiger partial charge in [-0.25, -0.2) is 4.39 Å². The fourth-order valence-electron chi connectivity index (χ4n) is 2.20. The first-order valence-corrected chi connectivity index (χ1v) is 7.55. The molecule has 0 aliphatic heterocycles. The van der Waals surface area contributed by atoms with Crippen molar-refractivity contribution in [1.29, 1.82) is 0 Å². The van der Waals surface area contributed by atoms with Gasteiger partial charge >= 0.3 is 0 Å². The molecule has 2 aromatic carbocycles. The fraction of sp³-hybridized carbons (Fsp3) is 0.105. The van der Waals surface area contributed by atoms with Crippen LogP contribution in [0.2, 0.25) is 0 Å². The lowest BCUT2D eigenvalue weighted by atomic mass is 10.1. The normalized spacial score (nSPS) is 10.4. The number of ether oxygens (including phenoxy) is 1. The van der Waals surface area contributed by atoms with Crippen LogP contribution in [0.15, 0.2) is 71.1 Å². The molecule has 0 saturated heterocycles. The van der Waals surface area contributed by atoms with E-state index in [1.165, 1.54) is 12.1 Å². The summed E-state index contributed by atoms with van der Waals surface area (Å²) in [5, 5.41) is 2.70. The SMILES string of the molecule is O=C(NCCOc1ccccc1)c1ccc(-c2ccccc2F)o1. The number of furan rings is 1. The molecule has 0 atom stereocenters. The Morgan fingerprint density at radius 1 is 1.00 bits per heavy atom. The first kappa shape index (κ1) is 15.8. The van der Waals surface area contributed by atoms with Crippen LogP contribution in [0.25, 0.3) is 11.3 Å². The van der Waals surface area contributed by atoms with Gasteiger partial charge in [0, 0.05) is 0 Å². The van der Waals surface area contributed by atoms with Crippen molar-refractivity contribution in [3.8, 4) is 17.1 Å². The van der Waals surface area contributed by atoms with E-state index in [1.54, 1.807) is 24.3 Å².